The molecular weight excluding hydrogens is 491 g/mol. The van der Waals surface area contributed by atoms with E-state index in [1.807, 2.05) is 13.8 Å². The highest BCUT2D eigenvalue weighted by atomic mass is 19.1. The predicted molar refractivity (Wildman–Crippen MR) is 135 cm³/mol. The number of alkyl halides is 1. The van der Waals surface area contributed by atoms with Crippen molar-refractivity contribution >= 4 is 23.5 Å². The summed E-state index contributed by atoms with van der Waals surface area (Å²) in [6.45, 7) is 4.32. The van der Waals surface area contributed by atoms with E-state index in [1.165, 1.54) is 19.1 Å². The van der Waals surface area contributed by atoms with Gasteiger partial charge in [-0.25, -0.2) is 9.18 Å². The van der Waals surface area contributed by atoms with Crippen molar-refractivity contribution in [3.05, 3.63) is 59.7 Å². The van der Waals surface area contributed by atoms with Crippen molar-refractivity contribution in [3.8, 4) is 0 Å². The zero-order valence-corrected chi connectivity index (χ0v) is 21.8. The summed E-state index contributed by atoms with van der Waals surface area (Å²) in [6.07, 6.45) is 3.06. The van der Waals surface area contributed by atoms with Crippen molar-refractivity contribution in [1.29, 1.82) is 0 Å². The Morgan fingerprint density at radius 2 is 1.87 bits per heavy atom. The first-order valence-electron chi connectivity index (χ1n) is 13.2. The first-order chi connectivity index (χ1) is 17.9. The molecule has 3 saturated carbocycles. The molecule has 0 saturated heterocycles. The fourth-order valence-corrected chi connectivity index (χ4v) is 8.08. The van der Waals surface area contributed by atoms with E-state index in [1.54, 1.807) is 36.4 Å². The number of esters is 2. The molecule has 0 spiro atoms. The van der Waals surface area contributed by atoms with Crippen LogP contribution in [0.4, 0.5) is 4.39 Å². The van der Waals surface area contributed by atoms with Gasteiger partial charge in [-0.2, -0.15) is 0 Å². The molecule has 0 heterocycles. The summed E-state index contributed by atoms with van der Waals surface area (Å²) in [4.78, 5) is 50.7. The van der Waals surface area contributed by atoms with E-state index >= 15 is 4.39 Å². The van der Waals surface area contributed by atoms with Gasteiger partial charge in [0.15, 0.2) is 18.0 Å². The fourth-order valence-electron chi connectivity index (χ4n) is 8.08. The Bertz CT molecular complexity index is 1240. The monoisotopic (exact) mass is 524 g/mol. The minimum Gasteiger partial charge on any atom is -0.458 e. The molecular formula is C30H33FO7. The molecule has 1 aromatic rings. The third-order valence-corrected chi connectivity index (χ3v) is 9.73. The van der Waals surface area contributed by atoms with Gasteiger partial charge in [0, 0.05) is 23.7 Å². The van der Waals surface area contributed by atoms with Crippen LogP contribution in [0.5, 0.6) is 0 Å². The number of aliphatic hydroxyl groups is 1. The summed E-state index contributed by atoms with van der Waals surface area (Å²) in [5.74, 6) is -3.07. The molecule has 8 atom stereocenters. The Morgan fingerprint density at radius 1 is 1.16 bits per heavy atom. The lowest BCUT2D eigenvalue weighted by Gasteiger charge is -2.60. The maximum atomic E-state index is 15.7. The Labute approximate surface area is 221 Å². The van der Waals surface area contributed by atoms with Crippen LogP contribution in [0.2, 0.25) is 0 Å². The smallest absolute Gasteiger partial charge is 0.339 e. The van der Waals surface area contributed by atoms with Crippen molar-refractivity contribution in [2.45, 2.75) is 64.3 Å². The molecule has 1 N–H and O–H groups in total. The molecule has 0 aliphatic heterocycles. The molecule has 1 aromatic carbocycles. The first kappa shape index (κ1) is 26.5. The molecule has 0 bridgehead atoms. The number of halogens is 1. The van der Waals surface area contributed by atoms with Gasteiger partial charge < -0.3 is 14.6 Å². The van der Waals surface area contributed by atoms with Gasteiger partial charge in [0.1, 0.15) is 6.17 Å². The second kappa shape index (κ2) is 9.26. The largest absolute Gasteiger partial charge is 0.458 e. The van der Waals surface area contributed by atoms with Crippen molar-refractivity contribution < 1.29 is 38.1 Å². The maximum Gasteiger partial charge on any atom is 0.339 e. The summed E-state index contributed by atoms with van der Waals surface area (Å²) in [5, 5.41) is 11.7. The van der Waals surface area contributed by atoms with Gasteiger partial charge >= 0.3 is 11.9 Å². The average Bonchev–Trinajstić information content (AvgIpc) is 3.16. The molecule has 0 amide bonds. The van der Waals surface area contributed by atoms with Gasteiger partial charge in [-0.05, 0) is 67.4 Å². The Balaban J connectivity index is 1.55. The highest BCUT2D eigenvalue weighted by Crippen LogP contribution is 2.68. The third-order valence-electron chi connectivity index (χ3n) is 9.73. The third kappa shape index (κ3) is 3.87. The number of fused-ring (bicyclic) bond motifs is 5. The lowest BCUT2D eigenvalue weighted by molar-refractivity contribution is -0.184. The molecule has 3 fully saturated rings. The van der Waals surface area contributed by atoms with E-state index in [0.29, 0.717) is 12.0 Å². The summed E-state index contributed by atoms with van der Waals surface area (Å²) in [6, 6.07) is 8.32. The van der Waals surface area contributed by atoms with Crippen molar-refractivity contribution in [2.24, 2.45) is 28.6 Å². The Morgan fingerprint density at radius 3 is 2.55 bits per heavy atom. The number of hydrogen-bond donors (Lipinski definition) is 1. The minimum atomic E-state index is -1.66. The number of Topliss-reactive ketones (excluding diaryl/α,β-unsaturated/α-hetero) is 1. The van der Waals surface area contributed by atoms with Crippen LogP contribution < -0.4 is 0 Å². The van der Waals surface area contributed by atoms with E-state index in [4.69, 9.17) is 9.47 Å². The Kier molecular flexibility index (Phi) is 6.45. The van der Waals surface area contributed by atoms with Gasteiger partial charge in [-0.1, -0.05) is 38.1 Å². The summed E-state index contributed by atoms with van der Waals surface area (Å²) < 4.78 is 26.8. The number of rotatable bonds is 5. The van der Waals surface area contributed by atoms with Crippen LogP contribution in [0.25, 0.3) is 0 Å². The number of aliphatic hydroxyl groups excluding tert-OH is 1. The van der Waals surface area contributed by atoms with E-state index < -0.39 is 53.0 Å². The predicted octanol–water partition coefficient (Wildman–Crippen LogP) is 3.94. The van der Waals surface area contributed by atoms with E-state index in [0.717, 1.165) is 0 Å². The van der Waals surface area contributed by atoms with E-state index in [2.05, 4.69) is 0 Å². The molecule has 1 unspecified atom stereocenters. The molecule has 202 valence electrons. The summed E-state index contributed by atoms with van der Waals surface area (Å²) in [5.41, 5.74) is -2.87. The van der Waals surface area contributed by atoms with Crippen molar-refractivity contribution in [2.75, 3.05) is 6.61 Å². The summed E-state index contributed by atoms with van der Waals surface area (Å²) in [7, 11) is 0. The maximum absolute atomic E-state index is 15.7. The van der Waals surface area contributed by atoms with Crippen LogP contribution in [-0.2, 0) is 23.9 Å². The van der Waals surface area contributed by atoms with Crippen LogP contribution >= 0.6 is 0 Å². The molecule has 4 aliphatic rings. The summed E-state index contributed by atoms with van der Waals surface area (Å²) >= 11 is 0. The number of benzene rings is 1. The fraction of sp³-hybridized carbons (Fsp3) is 0.533. The van der Waals surface area contributed by atoms with Crippen LogP contribution in [-0.4, -0.2) is 53.1 Å². The highest BCUT2D eigenvalue weighted by molar-refractivity contribution is 6.01. The molecule has 38 heavy (non-hydrogen) atoms. The van der Waals surface area contributed by atoms with Crippen LogP contribution in [0, 0.1) is 28.6 Å². The van der Waals surface area contributed by atoms with Gasteiger partial charge in [0.05, 0.1) is 11.7 Å². The van der Waals surface area contributed by atoms with Gasteiger partial charge in [-0.15, -0.1) is 0 Å². The molecule has 0 aromatic heterocycles. The van der Waals surface area contributed by atoms with Crippen molar-refractivity contribution in [3.63, 3.8) is 0 Å². The van der Waals surface area contributed by atoms with Crippen LogP contribution in [0.1, 0.15) is 56.8 Å². The molecule has 8 heteroatoms. The number of ketones is 2. The lowest BCUT2D eigenvalue weighted by atomic mass is 9.46. The number of hydrogen-bond acceptors (Lipinski definition) is 7. The van der Waals surface area contributed by atoms with Gasteiger partial charge in [0.25, 0.3) is 0 Å². The SMILES string of the molecule is CC(=O)OCC(=O)[C@@]1(OC(=O)c2ccccc2)CC[C@H]2[C@@H]3C[C@H](F)C4=CC(=O)C=C[C@]4(C)[C@H]3C(O)C[C@@]21C. The zero-order valence-electron chi connectivity index (χ0n) is 21.8. The highest BCUT2D eigenvalue weighted by Gasteiger charge is 2.71. The topological polar surface area (TPSA) is 107 Å². The minimum absolute atomic E-state index is 0.103. The molecule has 0 radical (unpaired) electrons. The number of allylic oxidation sites excluding steroid dienone is 4. The molecule has 5 rings (SSSR count). The normalized spacial score (nSPS) is 39.3. The lowest BCUT2D eigenvalue weighted by Crippen LogP contribution is -2.64. The average molecular weight is 525 g/mol. The van der Waals surface area contributed by atoms with Crippen molar-refractivity contribution in [1.82, 2.24) is 0 Å². The second-order valence-corrected chi connectivity index (χ2v) is 11.6. The van der Waals surface area contributed by atoms with E-state index in [-0.39, 0.29) is 48.4 Å². The number of carbonyl (C=O) groups is 4. The number of carbonyl (C=O) groups excluding carboxylic acids is 4. The standard InChI is InChI=1S/C30H33FO7/c1-17(32)37-16-25(35)30(38-27(36)18-7-5-4-6-8-18)12-10-21-20-14-23(31)22-13-19(33)9-11-28(22,2)26(20)24(34)15-29(21,30)3/h4-9,11,13,20-21,23-24,26,34H,10,12,14-16H2,1-3H3/t20-,21-,23-,24?,26+,28-,29-,30-/m0/s1. The number of ether oxygens (including phenoxy) is 2. The second-order valence-electron chi connectivity index (χ2n) is 11.6. The van der Waals surface area contributed by atoms with Gasteiger partial charge in [-0.3, -0.25) is 14.4 Å². The van der Waals surface area contributed by atoms with Crippen LogP contribution in [0.15, 0.2) is 54.1 Å². The van der Waals surface area contributed by atoms with Gasteiger partial charge in [0.2, 0.25) is 5.78 Å². The zero-order chi connectivity index (χ0) is 27.5. The molecule has 7 nitrogen and oxygen atoms in total. The quantitative estimate of drug-likeness (QED) is 0.582. The van der Waals surface area contributed by atoms with Crippen LogP contribution in [0.3, 0.4) is 0 Å². The first-order valence-corrected chi connectivity index (χ1v) is 13.2. The molecule has 4 aliphatic carbocycles. The van der Waals surface area contributed by atoms with E-state index in [9.17, 15) is 24.3 Å². The Hall–Kier alpha value is -3.13.